The van der Waals surface area contributed by atoms with Crippen molar-refractivity contribution in [2.24, 2.45) is 5.41 Å². The maximum absolute atomic E-state index is 14.0. The number of rotatable bonds is 3. The van der Waals surface area contributed by atoms with Crippen molar-refractivity contribution in [3.05, 3.63) is 65.2 Å². The lowest BCUT2D eigenvalue weighted by molar-refractivity contribution is 0.0946. The highest BCUT2D eigenvalue weighted by Crippen LogP contribution is 2.32. The van der Waals surface area contributed by atoms with Crippen molar-refractivity contribution in [3.8, 4) is 17.1 Å². The largest absolute Gasteiger partial charge is 0.476 e. The Hall–Kier alpha value is -3.46. The fraction of sp³-hybridized carbons (Fsp3) is 0.370. The summed E-state index contributed by atoms with van der Waals surface area (Å²) in [6, 6.07) is 13.7. The zero-order valence-electron chi connectivity index (χ0n) is 21.3. The molecule has 1 aliphatic heterocycles. The number of ether oxygens (including phenoxy) is 1. The average Bonchev–Trinajstić information content (AvgIpc) is 2.80. The van der Waals surface area contributed by atoms with Crippen LogP contribution in [-0.2, 0) is 10.0 Å². The number of aryl methyl sites for hydroxylation is 2. The van der Waals surface area contributed by atoms with Gasteiger partial charge in [-0.2, -0.15) is 4.98 Å². The summed E-state index contributed by atoms with van der Waals surface area (Å²) in [5.74, 6) is -0.0858. The molecule has 190 valence electrons. The molecule has 0 spiro atoms. The molecule has 9 heteroatoms. The number of benzene rings is 2. The van der Waals surface area contributed by atoms with Crippen LogP contribution in [0.25, 0.3) is 11.3 Å². The molecule has 1 amide bonds. The number of hydrogen-bond donors (Lipinski definition) is 1. The van der Waals surface area contributed by atoms with Crippen LogP contribution in [0.15, 0.2) is 53.4 Å². The van der Waals surface area contributed by atoms with Crippen LogP contribution in [0.4, 0.5) is 5.95 Å². The second-order valence-corrected chi connectivity index (χ2v) is 12.0. The Kier molecular flexibility index (Phi) is 7.04. The third-order valence-electron chi connectivity index (χ3n) is 6.04. The van der Waals surface area contributed by atoms with Crippen molar-refractivity contribution >= 4 is 21.9 Å². The van der Waals surface area contributed by atoms with Gasteiger partial charge in [-0.15, -0.1) is 0 Å². The SMILES string of the molecule is Cc1cccc(C)c1-c1cc2nc(n1)N(CCC(C)(C)C)S(=O)(=O)c1cccc(c1)C(=O)NCCO2. The standard InChI is InChI=1S/C27H32N4O4S/c1-18-8-6-9-19(2)24(18)22-17-23-30-26(29-22)31(14-12-27(3,4)5)36(33,34)21-11-7-10-20(16-21)25(32)28-13-15-35-23/h6-11,16-17H,12-15H2,1-5H3,(H,28,32). The predicted octanol–water partition coefficient (Wildman–Crippen LogP) is 4.51. The Morgan fingerprint density at radius 2 is 1.72 bits per heavy atom. The van der Waals surface area contributed by atoms with E-state index in [0.29, 0.717) is 12.1 Å². The maximum Gasteiger partial charge on any atom is 0.266 e. The van der Waals surface area contributed by atoms with E-state index in [4.69, 9.17) is 9.72 Å². The van der Waals surface area contributed by atoms with Gasteiger partial charge in [0.1, 0.15) is 6.61 Å². The summed E-state index contributed by atoms with van der Waals surface area (Å²) in [4.78, 5) is 21.9. The summed E-state index contributed by atoms with van der Waals surface area (Å²) in [5, 5.41) is 2.77. The molecular weight excluding hydrogens is 476 g/mol. The second kappa shape index (κ2) is 9.89. The van der Waals surface area contributed by atoms with Crippen molar-refractivity contribution in [2.75, 3.05) is 24.0 Å². The van der Waals surface area contributed by atoms with Gasteiger partial charge in [-0.25, -0.2) is 17.7 Å². The highest BCUT2D eigenvalue weighted by atomic mass is 32.2. The Balaban J connectivity index is 1.95. The van der Waals surface area contributed by atoms with Gasteiger partial charge in [0.05, 0.1) is 17.1 Å². The molecule has 0 unspecified atom stereocenters. The Morgan fingerprint density at radius 3 is 2.42 bits per heavy atom. The summed E-state index contributed by atoms with van der Waals surface area (Å²) in [7, 11) is -4.09. The van der Waals surface area contributed by atoms with Gasteiger partial charge in [0.25, 0.3) is 15.9 Å². The molecule has 1 aromatic heterocycles. The Bertz CT molecular complexity index is 1380. The monoisotopic (exact) mass is 508 g/mol. The molecule has 36 heavy (non-hydrogen) atoms. The number of carbonyl (C=O) groups excluding carboxylic acids is 1. The van der Waals surface area contributed by atoms with E-state index in [9.17, 15) is 13.2 Å². The Morgan fingerprint density at radius 1 is 1.03 bits per heavy atom. The molecular formula is C27H32N4O4S. The molecule has 0 saturated carbocycles. The van der Waals surface area contributed by atoms with E-state index in [1.807, 2.05) is 52.8 Å². The van der Waals surface area contributed by atoms with Crippen LogP contribution >= 0.6 is 0 Å². The summed E-state index contributed by atoms with van der Waals surface area (Å²) >= 11 is 0. The highest BCUT2D eigenvalue weighted by Gasteiger charge is 2.30. The minimum atomic E-state index is -4.09. The average molecular weight is 509 g/mol. The maximum atomic E-state index is 14.0. The van der Waals surface area contributed by atoms with Crippen LogP contribution < -0.4 is 14.4 Å². The first kappa shape index (κ1) is 25.6. The lowest BCUT2D eigenvalue weighted by Gasteiger charge is -2.27. The van der Waals surface area contributed by atoms with Gasteiger partial charge in [-0.1, -0.05) is 45.0 Å². The van der Waals surface area contributed by atoms with Crippen LogP contribution in [-0.4, -0.2) is 44.0 Å². The van der Waals surface area contributed by atoms with Gasteiger partial charge < -0.3 is 10.1 Å². The molecule has 8 nitrogen and oxygen atoms in total. The van der Waals surface area contributed by atoms with E-state index in [0.717, 1.165) is 16.7 Å². The zero-order valence-corrected chi connectivity index (χ0v) is 22.1. The quantitative estimate of drug-likeness (QED) is 0.558. The number of fused-ring (bicyclic) bond motifs is 4. The van der Waals surface area contributed by atoms with Crippen molar-refractivity contribution in [2.45, 2.75) is 45.9 Å². The molecule has 0 aliphatic carbocycles. The third kappa shape index (κ3) is 5.51. The van der Waals surface area contributed by atoms with Gasteiger partial charge in [0.15, 0.2) is 0 Å². The van der Waals surface area contributed by atoms with Crippen molar-refractivity contribution in [1.29, 1.82) is 0 Å². The number of anilines is 1. The first-order valence-electron chi connectivity index (χ1n) is 12.0. The molecule has 4 rings (SSSR count). The molecule has 1 N–H and O–H groups in total. The first-order valence-corrected chi connectivity index (χ1v) is 13.4. The molecule has 1 aliphatic rings. The Labute approximate surface area is 212 Å². The van der Waals surface area contributed by atoms with Gasteiger partial charge in [-0.05, 0) is 55.0 Å². The minimum Gasteiger partial charge on any atom is -0.476 e. The predicted molar refractivity (Wildman–Crippen MR) is 140 cm³/mol. The molecule has 3 aromatic rings. The third-order valence-corrected chi connectivity index (χ3v) is 7.81. The van der Waals surface area contributed by atoms with Crippen molar-refractivity contribution in [1.82, 2.24) is 15.3 Å². The van der Waals surface area contributed by atoms with E-state index in [1.54, 1.807) is 18.2 Å². The molecule has 0 saturated heterocycles. The summed E-state index contributed by atoms with van der Waals surface area (Å²) in [6.45, 7) is 10.7. The van der Waals surface area contributed by atoms with Crippen LogP contribution in [0.1, 0.15) is 48.7 Å². The topological polar surface area (TPSA) is 101 Å². The number of amides is 1. The molecule has 0 atom stereocenters. The van der Waals surface area contributed by atoms with Gasteiger partial charge in [0.2, 0.25) is 11.8 Å². The number of hydrogen-bond acceptors (Lipinski definition) is 6. The fourth-order valence-corrected chi connectivity index (χ4v) is 5.47. The number of sulfonamides is 1. The van der Waals surface area contributed by atoms with E-state index in [2.05, 4.69) is 10.3 Å². The molecule has 0 radical (unpaired) electrons. The summed E-state index contributed by atoms with van der Waals surface area (Å²) < 4.78 is 35.1. The highest BCUT2D eigenvalue weighted by molar-refractivity contribution is 7.92. The molecule has 2 heterocycles. The number of nitrogens with one attached hydrogen (secondary N) is 1. The van der Waals surface area contributed by atoms with Crippen molar-refractivity contribution in [3.63, 3.8) is 0 Å². The molecule has 0 fully saturated rings. The summed E-state index contributed by atoms with van der Waals surface area (Å²) in [6.07, 6.45) is 0.569. The smallest absolute Gasteiger partial charge is 0.266 e. The van der Waals surface area contributed by atoms with E-state index in [-0.39, 0.29) is 53.3 Å². The second-order valence-electron chi connectivity index (χ2n) is 10.2. The van der Waals surface area contributed by atoms with Crippen molar-refractivity contribution < 1.29 is 17.9 Å². The normalized spacial score (nSPS) is 15.7. The van der Waals surface area contributed by atoms with E-state index >= 15 is 0 Å². The van der Waals surface area contributed by atoms with Crippen LogP contribution in [0.2, 0.25) is 0 Å². The van der Waals surface area contributed by atoms with Gasteiger partial charge in [-0.3, -0.25) is 4.79 Å². The van der Waals surface area contributed by atoms with E-state index < -0.39 is 10.0 Å². The van der Waals surface area contributed by atoms with Crippen LogP contribution in [0.3, 0.4) is 0 Å². The molecule has 2 aromatic carbocycles. The lowest BCUT2D eigenvalue weighted by atomic mass is 9.92. The zero-order chi connectivity index (χ0) is 26.1. The first-order chi connectivity index (χ1) is 17.0. The van der Waals surface area contributed by atoms with Gasteiger partial charge >= 0.3 is 0 Å². The molecule has 4 bridgehead atoms. The number of aromatic nitrogens is 2. The number of nitrogens with zero attached hydrogens (tertiary/aromatic N) is 3. The van der Waals surface area contributed by atoms with Gasteiger partial charge in [0, 0.05) is 23.7 Å². The number of carbonyl (C=O) groups is 1. The summed E-state index contributed by atoms with van der Waals surface area (Å²) in [5.41, 5.74) is 3.62. The fourth-order valence-electron chi connectivity index (χ4n) is 4.06. The van der Waals surface area contributed by atoms with E-state index in [1.165, 1.54) is 16.4 Å². The van der Waals surface area contributed by atoms with Crippen LogP contribution in [0, 0.1) is 19.3 Å². The lowest BCUT2D eigenvalue weighted by Crippen LogP contribution is -2.35. The van der Waals surface area contributed by atoms with Crippen LogP contribution in [0.5, 0.6) is 5.88 Å². The minimum absolute atomic E-state index is 0.00634.